The Kier molecular flexibility index (Phi) is 3.88. The summed E-state index contributed by atoms with van der Waals surface area (Å²) < 4.78 is 14.5. The van der Waals surface area contributed by atoms with Gasteiger partial charge < -0.3 is 5.11 Å². The number of halogens is 2. The minimum atomic E-state index is -0.979. The lowest BCUT2D eigenvalue weighted by atomic mass is 9.73. The highest BCUT2D eigenvalue weighted by Gasteiger charge is 2.37. The van der Waals surface area contributed by atoms with E-state index in [0.29, 0.717) is 28.8 Å². The Morgan fingerprint density at radius 1 is 1.53 bits per heavy atom. The SMILES string of the molecule is CCC1CCCC(O)(c2cccc(Br)c2F)C1. The fourth-order valence-corrected chi connectivity index (χ4v) is 3.19. The van der Waals surface area contributed by atoms with Crippen molar-refractivity contribution in [2.45, 2.75) is 44.6 Å². The zero-order chi connectivity index (χ0) is 12.5. The van der Waals surface area contributed by atoms with Gasteiger partial charge in [-0.2, -0.15) is 0 Å². The van der Waals surface area contributed by atoms with Crippen molar-refractivity contribution in [3.8, 4) is 0 Å². The van der Waals surface area contributed by atoms with Gasteiger partial charge in [-0.1, -0.05) is 31.9 Å². The molecule has 94 valence electrons. The first-order chi connectivity index (χ1) is 8.07. The summed E-state index contributed by atoms with van der Waals surface area (Å²) in [6.07, 6.45) is 4.51. The average Bonchev–Trinajstić information content (AvgIpc) is 2.32. The van der Waals surface area contributed by atoms with E-state index in [-0.39, 0.29) is 5.82 Å². The molecule has 1 aliphatic carbocycles. The number of benzene rings is 1. The molecule has 1 saturated carbocycles. The molecule has 1 fully saturated rings. The lowest BCUT2D eigenvalue weighted by molar-refractivity contribution is -0.0245. The van der Waals surface area contributed by atoms with Gasteiger partial charge in [0.2, 0.25) is 0 Å². The molecule has 0 bridgehead atoms. The molecule has 0 amide bonds. The van der Waals surface area contributed by atoms with E-state index in [1.807, 2.05) is 0 Å². The predicted octanol–water partition coefficient (Wildman–Crippen LogP) is 4.38. The van der Waals surface area contributed by atoms with E-state index >= 15 is 0 Å². The van der Waals surface area contributed by atoms with Crippen LogP contribution in [0, 0.1) is 11.7 Å². The molecule has 0 aliphatic heterocycles. The van der Waals surface area contributed by atoms with Crippen LogP contribution in [0.15, 0.2) is 22.7 Å². The summed E-state index contributed by atoms with van der Waals surface area (Å²) in [5.74, 6) is 0.193. The van der Waals surface area contributed by atoms with Crippen LogP contribution in [-0.4, -0.2) is 5.11 Å². The molecule has 0 aromatic heterocycles. The Labute approximate surface area is 110 Å². The summed E-state index contributed by atoms with van der Waals surface area (Å²) in [5, 5.41) is 10.7. The standard InChI is InChI=1S/C14H18BrFO/c1-2-10-5-4-8-14(17,9-10)11-6-3-7-12(15)13(11)16/h3,6-7,10,17H,2,4-5,8-9H2,1H3. The Morgan fingerprint density at radius 3 is 3.00 bits per heavy atom. The van der Waals surface area contributed by atoms with Gasteiger partial charge >= 0.3 is 0 Å². The Morgan fingerprint density at radius 2 is 2.29 bits per heavy atom. The van der Waals surface area contributed by atoms with Crippen molar-refractivity contribution in [1.29, 1.82) is 0 Å². The molecule has 0 saturated heterocycles. The summed E-state index contributed by atoms with van der Waals surface area (Å²) in [5.41, 5.74) is -0.530. The summed E-state index contributed by atoms with van der Waals surface area (Å²) in [6.45, 7) is 2.13. The van der Waals surface area contributed by atoms with Gasteiger partial charge in [-0.25, -0.2) is 4.39 Å². The molecule has 1 aromatic rings. The smallest absolute Gasteiger partial charge is 0.143 e. The first kappa shape index (κ1) is 13.0. The molecule has 1 aliphatic rings. The van der Waals surface area contributed by atoms with Gasteiger partial charge in [0.25, 0.3) is 0 Å². The molecule has 1 N–H and O–H groups in total. The van der Waals surface area contributed by atoms with Crippen LogP contribution in [0.2, 0.25) is 0 Å². The van der Waals surface area contributed by atoms with Crippen molar-refractivity contribution in [3.05, 3.63) is 34.1 Å². The first-order valence-electron chi connectivity index (χ1n) is 6.23. The van der Waals surface area contributed by atoms with E-state index < -0.39 is 5.60 Å². The molecule has 2 rings (SSSR count). The third-order valence-corrected chi connectivity index (χ3v) is 4.47. The summed E-state index contributed by atoms with van der Waals surface area (Å²) in [4.78, 5) is 0. The quantitative estimate of drug-likeness (QED) is 0.859. The summed E-state index contributed by atoms with van der Waals surface area (Å²) in [6, 6.07) is 5.16. The minimum absolute atomic E-state index is 0.313. The molecule has 0 radical (unpaired) electrons. The molecule has 1 aromatic carbocycles. The van der Waals surface area contributed by atoms with Gasteiger partial charge in [0, 0.05) is 5.56 Å². The van der Waals surface area contributed by atoms with E-state index in [2.05, 4.69) is 22.9 Å². The predicted molar refractivity (Wildman–Crippen MR) is 70.2 cm³/mol. The van der Waals surface area contributed by atoms with Crippen LogP contribution in [0.1, 0.15) is 44.6 Å². The van der Waals surface area contributed by atoms with Crippen molar-refractivity contribution in [1.82, 2.24) is 0 Å². The second-order valence-corrected chi connectivity index (χ2v) is 5.86. The highest BCUT2D eigenvalue weighted by molar-refractivity contribution is 9.10. The van der Waals surface area contributed by atoms with Gasteiger partial charge in [-0.3, -0.25) is 0 Å². The molecule has 3 heteroatoms. The van der Waals surface area contributed by atoms with E-state index in [4.69, 9.17) is 0 Å². The van der Waals surface area contributed by atoms with Crippen molar-refractivity contribution < 1.29 is 9.50 Å². The third-order valence-electron chi connectivity index (χ3n) is 3.86. The maximum Gasteiger partial charge on any atom is 0.143 e. The minimum Gasteiger partial charge on any atom is -0.385 e. The first-order valence-corrected chi connectivity index (χ1v) is 7.03. The van der Waals surface area contributed by atoms with E-state index in [0.717, 1.165) is 19.3 Å². The molecule has 2 atom stereocenters. The van der Waals surface area contributed by atoms with Crippen LogP contribution in [-0.2, 0) is 5.60 Å². The molecule has 1 nitrogen and oxygen atoms in total. The fraction of sp³-hybridized carbons (Fsp3) is 0.571. The van der Waals surface area contributed by atoms with Crippen molar-refractivity contribution in [2.24, 2.45) is 5.92 Å². The van der Waals surface area contributed by atoms with Crippen LogP contribution >= 0.6 is 15.9 Å². The second kappa shape index (κ2) is 5.07. The topological polar surface area (TPSA) is 20.2 Å². The van der Waals surface area contributed by atoms with Crippen molar-refractivity contribution in [2.75, 3.05) is 0 Å². The third kappa shape index (κ3) is 2.55. The Hall–Kier alpha value is -0.410. The molecule has 0 spiro atoms. The van der Waals surface area contributed by atoms with Gasteiger partial charge in [0.15, 0.2) is 0 Å². The number of rotatable bonds is 2. The van der Waals surface area contributed by atoms with Crippen LogP contribution in [0.4, 0.5) is 4.39 Å². The van der Waals surface area contributed by atoms with Gasteiger partial charge in [0.1, 0.15) is 5.82 Å². The average molecular weight is 301 g/mol. The molecular weight excluding hydrogens is 283 g/mol. The molecule has 17 heavy (non-hydrogen) atoms. The van der Waals surface area contributed by atoms with Gasteiger partial charge in [-0.05, 0) is 47.2 Å². The second-order valence-electron chi connectivity index (χ2n) is 5.00. The van der Waals surface area contributed by atoms with Crippen LogP contribution < -0.4 is 0 Å². The molecule has 2 unspecified atom stereocenters. The van der Waals surface area contributed by atoms with E-state index in [9.17, 15) is 9.50 Å². The van der Waals surface area contributed by atoms with Crippen LogP contribution in [0.25, 0.3) is 0 Å². The zero-order valence-corrected chi connectivity index (χ0v) is 11.6. The highest BCUT2D eigenvalue weighted by Crippen LogP contribution is 2.42. The lowest BCUT2D eigenvalue weighted by Gasteiger charge is -2.37. The summed E-state index contributed by atoms with van der Waals surface area (Å²) in [7, 11) is 0. The van der Waals surface area contributed by atoms with E-state index in [1.54, 1.807) is 18.2 Å². The normalized spacial score (nSPS) is 29.3. The monoisotopic (exact) mass is 300 g/mol. The fourth-order valence-electron chi connectivity index (χ4n) is 2.82. The number of aliphatic hydroxyl groups is 1. The van der Waals surface area contributed by atoms with Crippen molar-refractivity contribution >= 4 is 15.9 Å². The maximum atomic E-state index is 14.1. The van der Waals surface area contributed by atoms with Gasteiger partial charge in [-0.15, -0.1) is 0 Å². The highest BCUT2D eigenvalue weighted by atomic mass is 79.9. The zero-order valence-electron chi connectivity index (χ0n) is 10.0. The van der Waals surface area contributed by atoms with Crippen molar-refractivity contribution in [3.63, 3.8) is 0 Å². The molecular formula is C14H18BrFO. The van der Waals surface area contributed by atoms with Crippen LogP contribution in [0.3, 0.4) is 0 Å². The largest absolute Gasteiger partial charge is 0.385 e. The van der Waals surface area contributed by atoms with Gasteiger partial charge in [0.05, 0.1) is 10.1 Å². The maximum absolute atomic E-state index is 14.1. The van der Waals surface area contributed by atoms with Crippen LogP contribution in [0.5, 0.6) is 0 Å². The summed E-state index contributed by atoms with van der Waals surface area (Å²) >= 11 is 3.18. The lowest BCUT2D eigenvalue weighted by Crippen LogP contribution is -2.33. The van der Waals surface area contributed by atoms with E-state index in [1.165, 1.54) is 0 Å². The number of hydrogen-bond acceptors (Lipinski definition) is 1. The Balaban J connectivity index is 2.33. The Bertz CT molecular complexity index is 407. The molecule has 0 heterocycles. The number of hydrogen-bond donors (Lipinski definition) is 1.